The Morgan fingerprint density at radius 3 is 2.72 bits per heavy atom. The third-order valence-electron chi connectivity index (χ3n) is 2.29. The Kier molecular flexibility index (Phi) is 3.48. The molecule has 1 aromatic heterocycles. The van der Waals surface area contributed by atoms with Crippen molar-refractivity contribution in [3.8, 4) is 10.6 Å². The van der Waals surface area contributed by atoms with E-state index in [1.165, 1.54) is 0 Å². The zero-order valence-corrected chi connectivity index (χ0v) is 11.5. The van der Waals surface area contributed by atoms with Crippen LogP contribution in [0.1, 0.15) is 31.1 Å². The molecule has 2 rings (SSSR count). The van der Waals surface area contributed by atoms with Crippen LogP contribution in [0.5, 0.6) is 0 Å². The van der Waals surface area contributed by atoms with Gasteiger partial charge >= 0.3 is 0 Å². The summed E-state index contributed by atoms with van der Waals surface area (Å²) in [6, 6.07) is 7.54. The Morgan fingerprint density at radius 2 is 2.11 bits per heavy atom. The first kappa shape index (κ1) is 12.8. The van der Waals surface area contributed by atoms with Crippen LogP contribution >= 0.6 is 11.3 Å². The maximum Gasteiger partial charge on any atom is 0.251 e. The molecule has 0 radical (unpaired) electrons. The summed E-state index contributed by atoms with van der Waals surface area (Å²) in [6.45, 7) is 5.90. The zero-order valence-electron chi connectivity index (χ0n) is 10.7. The number of hydrogen-bond donors (Lipinski definition) is 1. The molecule has 0 aliphatic heterocycles. The third kappa shape index (κ3) is 3.17. The molecule has 0 aliphatic rings. The van der Waals surface area contributed by atoms with Crippen molar-refractivity contribution in [3.63, 3.8) is 0 Å². The van der Waals surface area contributed by atoms with Crippen LogP contribution in [0.25, 0.3) is 10.6 Å². The first-order chi connectivity index (χ1) is 8.46. The number of rotatable bonds is 2. The lowest BCUT2D eigenvalue weighted by molar-refractivity contribution is 0.0919. The molecule has 18 heavy (non-hydrogen) atoms. The number of thiazole rings is 1. The van der Waals surface area contributed by atoms with Crippen LogP contribution in [0.3, 0.4) is 0 Å². The molecular weight excluding hydrogens is 244 g/mol. The van der Waals surface area contributed by atoms with Crippen LogP contribution in [0, 0.1) is 0 Å². The molecule has 1 N–H and O–H groups in total. The van der Waals surface area contributed by atoms with Crippen molar-refractivity contribution in [1.82, 2.24) is 10.3 Å². The maximum atomic E-state index is 12.1. The molecule has 3 nitrogen and oxygen atoms in total. The standard InChI is InChI=1S/C14H16N2OS/c1-14(2,3)16-12(17)10-5-4-6-11(9-10)13-15-7-8-18-13/h4-9H,1-3H3,(H,16,17). The third-order valence-corrected chi connectivity index (χ3v) is 3.11. The number of carbonyl (C=O) groups excluding carboxylic acids is 1. The Bertz CT molecular complexity index is 541. The minimum atomic E-state index is -0.228. The van der Waals surface area contributed by atoms with Gasteiger partial charge in [-0.3, -0.25) is 4.79 Å². The number of hydrogen-bond acceptors (Lipinski definition) is 3. The second-order valence-corrected chi connectivity index (χ2v) is 6.02. The summed E-state index contributed by atoms with van der Waals surface area (Å²) in [5, 5.41) is 5.81. The van der Waals surface area contributed by atoms with Gasteiger partial charge in [-0.05, 0) is 32.9 Å². The number of nitrogens with one attached hydrogen (secondary N) is 1. The van der Waals surface area contributed by atoms with Gasteiger partial charge in [-0.15, -0.1) is 11.3 Å². The minimum Gasteiger partial charge on any atom is -0.347 e. The van der Waals surface area contributed by atoms with Crippen LogP contribution < -0.4 is 5.32 Å². The molecule has 94 valence electrons. The molecule has 1 amide bonds. The molecule has 0 saturated carbocycles. The average molecular weight is 260 g/mol. The van der Waals surface area contributed by atoms with Gasteiger partial charge in [-0.1, -0.05) is 12.1 Å². The van der Waals surface area contributed by atoms with E-state index in [2.05, 4.69) is 10.3 Å². The van der Waals surface area contributed by atoms with Crippen molar-refractivity contribution in [2.45, 2.75) is 26.3 Å². The van der Waals surface area contributed by atoms with Gasteiger partial charge in [-0.25, -0.2) is 4.98 Å². The second kappa shape index (κ2) is 4.90. The van der Waals surface area contributed by atoms with Gasteiger partial charge in [0, 0.05) is 28.2 Å². The van der Waals surface area contributed by atoms with Crippen molar-refractivity contribution in [3.05, 3.63) is 41.4 Å². The average Bonchev–Trinajstić information content (AvgIpc) is 2.80. The molecule has 0 unspecified atom stereocenters. The van der Waals surface area contributed by atoms with E-state index in [9.17, 15) is 4.79 Å². The summed E-state index contributed by atoms with van der Waals surface area (Å²) in [7, 11) is 0. The molecular formula is C14H16N2OS. The van der Waals surface area contributed by atoms with Gasteiger partial charge in [0.05, 0.1) is 0 Å². The van der Waals surface area contributed by atoms with E-state index in [1.807, 2.05) is 50.4 Å². The van der Waals surface area contributed by atoms with E-state index in [-0.39, 0.29) is 11.4 Å². The first-order valence-corrected chi connectivity index (χ1v) is 6.66. The highest BCUT2D eigenvalue weighted by atomic mass is 32.1. The van der Waals surface area contributed by atoms with Crippen LogP contribution in [0.4, 0.5) is 0 Å². The molecule has 4 heteroatoms. The van der Waals surface area contributed by atoms with Crippen molar-refractivity contribution in [2.75, 3.05) is 0 Å². The van der Waals surface area contributed by atoms with Gasteiger partial charge in [0.2, 0.25) is 0 Å². The smallest absolute Gasteiger partial charge is 0.251 e. The summed E-state index contributed by atoms with van der Waals surface area (Å²) in [6.07, 6.45) is 1.77. The first-order valence-electron chi connectivity index (χ1n) is 5.78. The van der Waals surface area contributed by atoms with Crippen LogP contribution in [-0.4, -0.2) is 16.4 Å². The normalized spacial score (nSPS) is 11.3. The monoisotopic (exact) mass is 260 g/mol. The molecule has 0 atom stereocenters. The van der Waals surface area contributed by atoms with Crippen LogP contribution in [0.2, 0.25) is 0 Å². The molecule has 0 fully saturated rings. The fraction of sp³-hybridized carbons (Fsp3) is 0.286. The van der Waals surface area contributed by atoms with Crippen LogP contribution in [0.15, 0.2) is 35.8 Å². The Balaban J connectivity index is 2.25. The van der Waals surface area contributed by atoms with Gasteiger partial charge in [-0.2, -0.15) is 0 Å². The molecule has 2 aromatic rings. The summed E-state index contributed by atoms with van der Waals surface area (Å²) >= 11 is 1.57. The summed E-state index contributed by atoms with van der Waals surface area (Å²) in [4.78, 5) is 16.3. The molecule has 0 saturated heterocycles. The number of aromatic nitrogens is 1. The fourth-order valence-corrected chi connectivity index (χ4v) is 2.21. The maximum absolute atomic E-state index is 12.1. The summed E-state index contributed by atoms with van der Waals surface area (Å²) in [5.41, 5.74) is 1.41. The number of nitrogens with zero attached hydrogens (tertiary/aromatic N) is 1. The second-order valence-electron chi connectivity index (χ2n) is 5.12. The van der Waals surface area contributed by atoms with Gasteiger partial charge in [0.15, 0.2) is 0 Å². The number of amides is 1. The molecule has 0 spiro atoms. The fourth-order valence-electron chi connectivity index (χ4n) is 1.57. The van der Waals surface area contributed by atoms with Crippen molar-refractivity contribution >= 4 is 17.2 Å². The Morgan fingerprint density at radius 1 is 1.33 bits per heavy atom. The lowest BCUT2D eigenvalue weighted by Crippen LogP contribution is -2.40. The Labute approximate surface area is 111 Å². The van der Waals surface area contributed by atoms with E-state index in [0.29, 0.717) is 5.56 Å². The van der Waals surface area contributed by atoms with Crippen molar-refractivity contribution in [1.29, 1.82) is 0 Å². The predicted octanol–water partition coefficient (Wildman–Crippen LogP) is 3.34. The van der Waals surface area contributed by atoms with E-state index in [0.717, 1.165) is 10.6 Å². The van der Waals surface area contributed by atoms with Gasteiger partial charge in [0.25, 0.3) is 5.91 Å². The SMILES string of the molecule is CC(C)(C)NC(=O)c1cccc(-c2nccs2)c1. The van der Waals surface area contributed by atoms with Gasteiger partial charge in [0.1, 0.15) is 5.01 Å². The minimum absolute atomic E-state index is 0.0547. The lowest BCUT2D eigenvalue weighted by Gasteiger charge is -2.20. The summed E-state index contributed by atoms with van der Waals surface area (Å²) in [5.74, 6) is -0.0547. The van der Waals surface area contributed by atoms with E-state index in [4.69, 9.17) is 0 Å². The highest BCUT2D eigenvalue weighted by molar-refractivity contribution is 7.13. The molecule has 1 aromatic carbocycles. The number of benzene rings is 1. The predicted molar refractivity (Wildman–Crippen MR) is 74.8 cm³/mol. The highest BCUT2D eigenvalue weighted by Gasteiger charge is 2.15. The summed E-state index contributed by atoms with van der Waals surface area (Å²) < 4.78 is 0. The molecule has 0 aliphatic carbocycles. The Hall–Kier alpha value is -1.68. The van der Waals surface area contributed by atoms with E-state index in [1.54, 1.807) is 17.5 Å². The quantitative estimate of drug-likeness (QED) is 0.899. The van der Waals surface area contributed by atoms with Gasteiger partial charge < -0.3 is 5.32 Å². The van der Waals surface area contributed by atoms with E-state index < -0.39 is 0 Å². The molecule has 1 heterocycles. The highest BCUT2D eigenvalue weighted by Crippen LogP contribution is 2.22. The van der Waals surface area contributed by atoms with Crippen molar-refractivity contribution in [2.24, 2.45) is 0 Å². The topological polar surface area (TPSA) is 42.0 Å². The van der Waals surface area contributed by atoms with Crippen LogP contribution in [-0.2, 0) is 0 Å². The molecule has 0 bridgehead atoms. The zero-order chi connectivity index (χ0) is 13.2. The number of carbonyl (C=O) groups is 1. The largest absolute Gasteiger partial charge is 0.347 e. The lowest BCUT2D eigenvalue weighted by atomic mass is 10.1. The van der Waals surface area contributed by atoms with Crippen molar-refractivity contribution < 1.29 is 4.79 Å². The van der Waals surface area contributed by atoms with E-state index >= 15 is 0 Å².